The molecular weight excluding hydrogens is 281 g/mol. The first kappa shape index (κ1) is 13.0. The predicted octanol–water partition coefficient (Wildman–Crippen LogP) is 3.53. The van der Waals surface area contributed by atoms with Crippen LogP contribution in [0.5, 0.6) is 0 Å². The number of benzene rings is 1. The largest absolute Gasteiger partial charge is 0.338 e. The van der Waals surface area contributed by atoms with E-state index in [2.05, 4.69) is 15.3 Å². The molecule has 0 radical (unpaired) electrons. The fourth-order valence-corrected chi connectivity index (χ4v) is 2.41. The number of hydrogen-bond acceptors (Lipinski definition) is 4. The Morgan fingerprint density at radius 1 is 1.30 bits per heavy atom. The number of nitrogens with one attached hydrogen (secondary N) is 1. The molecule has 0 aliphatic heterocycles. The highest BCUT2D eigenvalue weighted by Crippen LogP contribution is 2.26. The van der Waals surface area contributed by atoms with Crippen LogP contribution in [0.4, 0.5) is 15.9 Å². The van der Waals surface area contributed by atoms with E-state index < -0.39 is 5.82 Å². The lowest BCUT2D eigenvalue weighted by atomic mass is 9.90. The van der Waals surface area contributed by atoms with E-state index in [1.165, 1.54) is 0 Å². The molecule has 4 nitrogen and oxygen atoms in total. The Kier molecular flexibility index (Phi) is 3.36. The van der Waals surface area contributed by atoms with Crippen molar-refractivity contribution in [2.24, 2.45) is 0 Å². The van der Waals surface area contributed by atoms with Gasteiger partial charge < -0.3 is 5.32 Å². The average Bonchev–Trinajstić information content (AvgIpc) is 2.44. The molecule has 1 aliphatic rings. The molecule has 1 aliphatic carbocycles. The summed E-state index contributed by atoms with van der Waals surface area (Å²) < 4.78 is 13.6. The van der Waals surface area contributed by atoms with Gasteiger partial charge >= 0.3 is 0 Å². The lowest BCUT2D eigenvalue weighted by Crippen LogP contribution is -2.11. The van der Waals surface area contributed by atoms with Gasteiger partial charge in [0, 0.05) is 17.7 Å². The highest BCUT2D eigenvalue weighted by Gasteiger charge is 2.17. The SMILES string of the molecule is O=C1CCCc2ccc(Nc3nc(Cl)ncc3F)cc21. The number of aryl methyl sites for hydroxylation is 1. The Morgan fingerprint density at radius 2 is 2.15 bits per heavy atom. The molecule has 0 spiro atoms. The number of halogens is 2. The monoisotopic (exact) mass is 291 g/mol. The molecule has 0 amide bonds. The molecular formula is C14H11ClFN3O. The van der Waals surface area contributed by atoms with E-state index in [0.29, 0.717) is 17.7 Å². The van der Waals surface area contributed by atoms with Gasteiger partial charge in [0.05, 0.1) is 6.20 Å². The van der Waals surface area contributed by atoms with Crippen LogP contribution in [0.2, 0.25) is 5.28 Å². The summed E-state index contributed by atoms with van der Waals surface area (Å²) >= 11 is 5.64. The second kappa shape index (κ2) is 5.17. The highest BCUT2D eigenvalue weighted by atomic mass is 35.5. The molecule has 102 valence electrons. The first-order valence-electron chi connectivity index (χ1n) is 6.24. The molecule has 0 saturated carbocycles. The maximum atomic E-state index is 13.6. The van der Waals surface area contributed by atoms with E-state index in [4.69, 9.17) is 11.6 Å². The standard InChI is InChI=1S/C14H11ClFN3O/c15-14-17-7-11(16)13(19-14)18-9-5-4-8-2-1-3-12(20)10(8)6-9/h4-7H,1-3H2,(H,17,18,19). The van der Waals surface area contributed by atoms with Crippen LogP contribution in [0, 0.1) is 5.82 Å². The maximum Gasteiger partial charge on any atom is 0.224 e. The molecule has 20 heavy (non-hydrogen) atoms. The van der Waals surface area contributed by atoms with E-state index in [-0.39, 0.29) is 16.9 Å². The minimum atomic E-state index is -0.599. The zero-order chi connectivity index (χ0) is 14.1. The van der Waals surface area contributed by atoms with Gasteiger partial charge in [0.15, 0.2) is 17.4 Å². The van der Waals surface area contributed by atoms with E-state index in [9.17, 15) is 9.18 Å². The minimum absolute atomic E-state index is 0.00629. The van der Waals surface area contributed by atoms with Crippen LogP contribution in [0.1, 0.15) is 28.8 Å². The molecule has 0 unspecified atom stereocenters. The number of fused-ring (bicyclic) bond motifs is 1. The number of Topliss-reactive ketones (excluding diaryl/α,β-unsaturated/α-hetero) is 1. The van der Waals surface area contributed by atoms with Gasteiger partial charge in [-0.25, -0.2) is 9.37 Å². The van der Waals surface area contributed by atoms with Crippen molar-refractivity contribution in [1.29, 1.82) is 0 Å². The lowest BCUT2D eigenvalue weighted by molar-refractivity contribution is 0.0972. The van der Waals surface area contributed by atoms with Crippen LogP contribution in [0.3, 0.4) is 0 Å². The Hall–Kier alpha value is -2.01. The summed E-state index contributed by atoms with van der Waals surface area (Å²) in [6, 6.07) is 5.41. The van der Waals surface area contributed by atoms with Gasteiger partial charge in [-0.05, 0) is 42.1 Å². The summed E-state index contributed by atoms with van der Waals surface area (Å²) in [5.74, 6) is -0.484. The molecule has 0 saturated heterocycles. The van der Waals surface area contributed by atoms with Gasteiger partial charge in [0.2, 0.25) is 5.28 Å². The van der Waals surface area contributed by atoms with Crippen molar-refractivity contribution in [1.82, 2.24) is 9.97 Å². The molecule has 3 rings (SSSR count). The summed E-state index contributed by atoms with van der Waals surface area (Å²) in [5, 5.41) is 2.78. The third kappa shape index (κ3) is 2.49. The Labute approximate surface area is 120 Å². The summed E-state index contributed by atoms with van der Waals surface area (Å²) in [5.41, 5.74) is 2.34. The summed E-state index contributed by atoms with van der Waals surface area (Å²) in [6.07, 6.45) is 3.34. The van der Waals surface area contributed by atoms with E-state index >= 15 is 0 Å². The van der Waals surface area contributed by atoms with E-state index in [1.807, 2.05) is 6.07 Å². The van der Waals surface area contributed by atoms with Gasteiger partial charge in [-0.3, -0.25) is 4.79 Å². The number of nitrogens with zero attached hydrogens (tertiary/aromatic N) is 2. The van der Waals surface area contributed by atoms with Crippen molar-refractivity contribution >= 4 is 28.9 Å². The van der Waals surface area contributed by atoms with Crippen LogP contribution >= 0.6 is 11.6 Å². The molecule has 1 aromatic carbocycles. The van der Waals surface area contributed by atoms with Gasteiger partial charge in [-0.2, -0.15) is 4.98 Å². The van der Waals surface area contributed by atoms with Crippen molar-refractivity contribution in [3.8, 4) is 0 Å². The van der Waals surface area contributed by atoms with Crippen LogP contribution in [-0.2, 0) is 6.42 Å². The molecule has 1 N–H and O–H groups in total. The quantitative estimate of drug-likeness (QED) is 0.860. The maximum absolute atomic E-state index is 13.6. The van der Waals surface area contributed by atoms with Crippen LogP contribution in [-0.4, -0.2) is 15.8 Å². The van der Waals surface area contributed by atoms with Crippen molar-refractivity contribution < 1.29 is 9.18 Å². The minimum Gasteiger partial charge on any atom is -0.338 e. The number of anilines is 2. The van der Waals surface area contributed by atoms with E-state index in [0.717, 1.165) is 24.6 Å². The molecule has 1 heterocycles. The van der Waals surface area contributed by atoms with Crippen LogP contribution < -0.4 is 5.32 Å². The third-order valence-electron chi connectivity index (χ3n) is 3.24. The highest BCUT2D eigenvalue weighted by molar-refractivity contribution is 6.28. The van der Waals surface area contributed by atoms with Crippen molar-refractivity contribution in [2.75, 3.05) is 5.32 Å². The van der Waals surface area contributed by atoms with Crippen molar-refractivity contribution in [3.63, 3.8) is 0 Å². The average molecular weight is 292 g/mol. The Morgan fingerprint density at radius 3 is 3.00 bits per heavy atom. The second-order valence-electron chi connectivity index (χ2n) is 4.61. The molecule has 0 fully saturated rings. The predicted molar refractivity (Wildman–Crippen MR) is 74.0 cm³/mol. The van der Waals surface area contributed by atoms with Gasteiger partial charge in [-0.15, -0.1) is 0 Å². The molecule has 2 aromatic rings. The van der Waals surface area contributed by atoms with Crippen molar-refractivity contribution in [3.05, 3.63) is 46.6 Å². The first-order chi connectivity index (χ1) is 9.63. The third-order valence-corrected chi connectivity index (χ3v) is 3.42. The topological polar surface area (TPSA) is 54.9 Å². The van der Waals surface area contributed by atoms with Gasteiger partial charge in [-0.1, -0.05) is 6.07 Å². The molecule has 0 bridgehead atoms. The fourth-order valence-electron chi connectivity index (χ4n) is 2.28. The number of hydrogen-bond donors (Lipinski definition) is 1. The molecule has 1 aromatic heterocycles. The normalized spacial score (nSPS) is 14.0. The summed E-state index contributed by atoms with van der Waals surface area (Å²) in [7, 11) is 0. The number of rotatable bonds is 2. The van der Waals surface area contributed by atoms with Crippen LogP contribution in [0.25, 0.3) is 0 Å². The zero-order valence-electron chi connectivity index (χ0n) is 10.5. The summed E-state index contributed by atoms with van der Waals surface area (Å²) in [4.78, 5) is 19.2. The Bertz CT molecular complexity index is 690. The summed E-state index contributed by atoms with van der Waals surface area (Å²) in [6.45, 7) is 0. The lowest BCUT2D eigenvalue weighted by Gasteiger charge is -2.16. The zero-order valence-corrected chi connectivity index (χ0v) is 11.2. The fraction of sp³-hybridized carbons (Fsp3) is 0.214. The Balaban J connectivity index is 1.93. The smallest absolute Gasteiger partial charge is 0.224 e. The van der Waals surface area contributed by atoms with Crippen LogP contribution in [0.15, 0.2) is 24.4 Å². The number of ketones is 1. The molecule has 0 atom stereocenters. The number of aromatic nitrogens is 2. The van der Waals surface area contributed by atoms with Gasteiger partial charge in [0.1, 0.15) is 0 Å². The first-order valence-corrected chi connectivity index (χ1v) is 6.62. The van der Waals surface area contributed by atoms with Crippen molar-refractivity contribution in [2.45, 2.75) is 19.3 Å². The van der Waals surface area contributed by atoms with Gasteiger partial charge in [0.25, 0.3) is 0 Å². The second-order valence-corrected chi connectivity index (χ2v) is 4.95. The molecule has 6 heteroatoms. The number of carbonyl (C=O) groups excluding carboxylic acids is 1. The van der Waals surface area contributed by atoms with E-state index in [1.54, 1.807) is 12.1 Å². The number of carbonyl (C=O) groups is 1.